The molecule has 0 spiro atoms. The summed E-state index contributed by atoms with van der Waals surface area (Å²) in [6.45, 7) is 2.30. The summed E-state index contributed by atoms with van der Waals surface area (Å²) in [6.07, 6.45) is 2.01. The highest BCUT2D eigenvalue weighted by atomic mass is 16.5. The van der Waals surface area contributed by atoms with Crippen LogP contribution in [0.2, 0.25) is 0 Å². The number of hydrogen-bond acceptors (Lipinski definition) is 5. The molecule has 0 fully saturated rings. The molecule has 0 aliphatic rings. The maximum atomic E-state index is 12.0. The van der Waals surface area contributed by atoms with Crippen LogP contribution >= 0.6 is 0 Å². The zero-order valence-corrected chi connectivity index (χ0v) is 16.0. The molecule has 0 bridgehead atoms. The Morgan fingerprint density at radius 2 is 1.57 bits per heavy atom. The lowest BCUT2D eigenvalue weighted by molar-refractivity contribution is -0.119. The van der Waals surface area contributed by atoms with E-state index in [9.17, 15) is 14.4 Å². The number of anilines is 1. The summed E-state index contributed by atoms with van der Waals surface area (Å²) in [5, 5.41) is 5.12. The van der Waals surface area contributed by atoms with Crippen molar-refractivity contribution in [1.29, 1.82) is 0 Å². The van der Waals surface area contributed by atoms with Crippen molar-refractivity contribution in [2.75, 3.05) is 25.6 Å². The Bertz CT molecular complexity index is 801. The molecule has 0 radical (unpaired) electrons. The maximum absolute atomic E-state index is 12.0. The van der Waals surface area contributed by atoms with E-state index in [0.717, 1.165) is 12.8 Å². The van der Waals surface area contributed by atoms with Gasteiger partial charge in [-0.25, -0.2) is 4.79 Å². The number of carbonyl (C=O) groups excluding carboxylic acids is 3. The maximum Gasteiger partial charge on any atom is 0.338 e. The number of carbonyl (C=O) groups is 3. The lowest BCUT2D eigenvalue weighted by Gasteiger charge is -2.08. The van der Waals surface area contributed by atoms with Crippen LogP contribution in [0.4, 0.5) is 5.69 Å². The zero-order chi connectivity index (χ0) is 20.4. The summed E-state index contributed by atoms with van der Waals surface area (Å²) in [7, 11) is 1.54. The molecule has 0 saturated heterocycles. The largest absolute Gasteiger partial charge is 0.494 e. The number of rotatable bonds is 9. The first-order valence-corrected chi connectivity index (χ1v) is 9.05. The molecular weight excluding hydrogens is 360 g/mol. The fraction of sp³-hybridized carbons (Fsp3) is 0.286. The third kappa shape index (κ3) is 6.42. The molecule has 2 aromatic carbocycles. The molecule has 0 saturated carbocycles. The van der Waals surface area contributed by atoms with Crippen molar-refractivity contribution in [3.63, 3.8) is 0 Å². The lowest BCUT2D eigenvalue weighted by atomic mass is 10.2. The topological polar surface area (TPSA) is 93.7 Å². The van der Waals surface area contributed by atoms with Crippen molar-refractivity contribution >= 4 is 23.5 Å². The van der Waals surface area contributed by atoms with E-state index in [1.54, 1.807) is 55.6 Å². The van der Waals surface area contributed by atoms with Crippen LogP contribution in [0.15, 0.2) is 48.5 Å². The van der Waals surface area contributed by atoms with Gasteiger partial charge in [0.25, 0.3) is 11.8 Å². The van der Waals surface area contributed by atoms with Gasteiger partial charge in [0, 0.05) is 18.3 Å². The lowest BCUT2D eigenvalue weighted by Crippen LogP contribution is -2.21. The Labute approximate surface area is 164 Å². The molecule has 0 unspecified atom stereocenters. The summed E-state index contributed by atoms with van der Waals surface area (Å²) in [5.74, 6) is -0.595. The Hall–Kier alpha value is -3.35. The Balaban J connectivity index is 1.80. The van der Waals surface area contributed by atoms with E-state index in [4.69, 9.17) is 9.47 Å². The molecule has 0 atom stereocenters. The number of benzene rings is 2. The van der Waals surface area contributed by atoms with Crippen LogP contribution in [0.25, 0.3) is 0 Å². The van der Waals surface area contributed by atoms with Crippen LogP contribution in [0.5, 0.6) is 5.75 Å². The minimum Gasteiger partial charge on any atom is -0.494 e. The Morgan fingerprint density at radius 1 is 0.929 bits per heavy atom. The first kappa shape index (κ1) is 21.0. The van der Waals surface area contributed by atoms with Gasteiger partial charge in [0.1, 0.15) is 5.75 Å². The summed E-state index contributed by atoms with van der Waals surface area (Å²) in [5.41, 5.74) is 1.32. The van der Waals surface area contributed by atoms with E-state index in [-0.39, 0.29) is 5.91 Å². The van der Waals surface area contributed by atoms with Crippen molar-refractivity contribution in [1.82, 2.24) is 5.32 Å². The number of nitrogens with one attached hydrogen (secondary N) is 2. The number of hydrogen-bond donors (Lipinski definition) is 2. The molecule has 0 heterocycles. The quantitative estimate of drug-likeness (QED) is 0.512. The molecule has 0 aromatic heterocycles. The van der Waals surface area contributed by atoms with Crippen molar-refractivity contribution in [2.45, 2.75) is 19.8 Å². The summed E-state index contributed by atoms with van der Waals surface area (Å²) in [6, 6.07) is 13.0. The van der Waals surface area contributed by atoms with Crippen molar-refractivity contribution in [3.8, 4) is 5.75 Å². The highest BCUT2D eigenvalue weighted by molar-refractivity contribution is 5.97. The molecule has 148 valence electrons. The molecule has 0 aliphatic carbocycles. The average molecular weight is 384 g/mol. The first-order chi connectivity index (χ1) is 13.5. The molecule has 2 N–H and O–H groups in total. The number of amides is 2. The molecule has 2 amide bonds. The van der Waals surface area contributed by atoms with Crippen LogP contribution < -0.4 is 15.4 Å². The fourth-order valence-electron chi connectivity index (χ4n) is 2.28. The van der Waals surface area contributed by atoms with Crippen molar-refractivity contribution < 1.29 is 23.9 Å². The second-order valence-corrected chi connectivity index (χ2v) is 6.01. The van der Waals surface area contributed by atoms with Gasteiger partial charge in [-0.05, 0) is 55.0 Å². The molecule has 2 aromatic rings. The highest BCUT2D eigenvalue weighted by Crippen LogP contribution is 2.14. The van der Waals surface area contributed by atoms with Gasteiger partial charge in [0.05, 0.1) is 12.2 Å². The van der Waals surface area contributed by atoms with Crippen LogP contribution in [0.1, 0.15) is 40.5 Å². The van der Waals surface area contributed by atoms with Gasteiger partial charge < -0.3 is 20.1 Å². The number of unbranched alkanes of at least 4 members (excludes halogenated alkanes) is 1. The van der Waals surface area contributed by atoms with Crippen LogP contribution in [-0.4, -0.2) is 38.0 Å². The van der Waals surface area contributed by atoms with E-state index in [0.29, 0.717) is 29.2 Å². The van der Waals surface area contributed by atoms with E-state index in [1.165, 1.54) is 0 Å². The standard InChI is InChI=1S/C21H24N2O5/c1-3-4-13-27-18-11-7-16(8-12-18)21(26)28-14-19(24)23-17-9-5-15(6-10-17)20(25)22-2/h5-12H,3-4,13-14H2,1-2H3,(H,22,25)(H,23,24). The summed E-state index contributed by atoms with van der Waals surface area (Å²) >= 11 is 0. The molecule has 0 aliphatic heterocycles. The number of esters is 1. The zero-order valence-electron chi connectivity index (χ0n) is 16.0. The second kappa shape index (κ2) is 10.7. The minimum absolute atomic E-state index is 0.214. The van der Waals surface area contributed by atoms with E-state index in [1.807, 2.05) is 0 Å². The molecule has 7 nitrogen and oxygen atoms in total. The molecule has 7 heteroatoms. The minimum atomic E-state index is -0.592. The Kier molecular flexibility index (Phi) is 8.02. The van der Waals surface area contributed by atoms with Gasteiger partial charge in [0.15, 0.2) is 6.61 Å². The average Bonchev–Trinajstić information content (AvgIpc) is 2.72. The fourth-order valence-corrected chi connectivity index (χ4v) is 2.28. The first-order valence-electron chi connectivity index (χ1n) is 9.05. The van der Waals surface area contributed by atoms with Crippen LogP contribution in [0.3, 0.4) is 0 Å². The predicted octanol–water partition coefficient (Wildman–Crippen LogP) is 3.02. The predicted molar refractivity (Wildman–Crippen MR) is 106 cm³/mol. The van der Waals surface area contributed by atoms with Gasteiger partial charge in [-0.3, -0.25) is 9.59 Å². The highest BCUT2D eigenvalue weighted by Gasteiger charge is 2.11. The van der Waals surface area contributed by atoms with Gasteiger partial charge in [-0.15, -0.1) is 0 Å². The van der Waals surface area contributed by atoms with Crippen LogP contribution in [-0.2, 0) is 9.53 Å². The molecular formula is C21H24N2O5. The van der Waals surface area contributed by atoms with E-state index >= 15 is 0 Å². The van der Waals surface area contributed by atoms with E-state index in [2.05, 4.69) is 17.6 Å². The molecule has 2 rings (SSSR count). The number of ether oxygens (including phenoxy) is 2. The summed E-state index contributed by atoms with van der Waals surface area (Å²) < 4.78 is 10.6. The van der Waals surface area contributed by atoms with Gasteiger partial charge in [-0.2, -0.15) is 0 Å². The van der Waals surface area contributed by atoms with Gasteiger partial charge >= 0.3 is 5.97 Å². The monoisotopic (exact) mass is 384 g/mol. The van der Waals surface area contributed by atoms with E-state index < -0.39 is 18.5 Å². The smallest absolute Gasteiger partial charge is 0.338 e. The Morgan fingerprint density at radius 3 is 2.18 bits per heavy atom. The SMILES string of the molecule is CCCCOc1ccc(C(=O)OCC(=O)Nc2ccc(C(=O)NC)cc2)cc1. The summed E-state index contributed by atoms with van der Waals surface area (Å²) in [4.78, 5) is 35.5. The molecule has 28 heavy (non-hydrogen) atoms. The third-order valence-corrected chi connectivity index (χ3v) is 3.85. The van der Waals surface area contributed by atoms with Crippen molar-refractivity contribution in [3.05, 3.63) is 59.7 Å². The third-order valence-electron chi connectivity index (χ3n) is 3.85. The normalized spacial score (nSPS) is 10.1. The van der Waals surface area contributed by atoms with Gasteiger partial charge in [0.2, 0.25) is 0 Å². The second-order valence-electron chi connectivity index (χ2n) is 6.01. The van der Waals surface area contributed by atoms with Crippen LogP contribution in [0, 0.1) is 0 Å². The van der Waals surface area contributed by atoms with Crippen molar-refractivity contribution in [2.24, 2.45) is 0 Å². The van der Waals surface area contributed by atoms with Gasteiger partial charge in [-0.1, -0.05) is 13.3 Å².